The lowest BCUT2D eigenvalue weighted by molar-refractivity contribution is 0.541. The SMILES string of the molecule is NNC(c1ccc(Br)c(Cl)c1)c1ccc(F)cc1F. The normalized spacial score (nSPS) is 12.5. The van der Waals surface area contributed by atoms with Crippen molar-refractivity contribution in [3.05, 3.63) is 68.7 Å². The van der Waals surface area contributed by atoms with E-state index in [1.165, 1.54) is 12.1 Å². The fraction of sp³-hybridized carbons (Fsp3) is 0.0769. The van der Waals surface area contributed by atoms with Crippen LogP contribution in [0.2, 0.25) is 5.02 Å². The molecule has 0 aromatic heterocycles. The van der Waals surface area contributed by atoms with Crippen LogP contribution in [-0.2, 0) is 0 Å². The topological polar surface area (TPSA) is 38.0 Å². The van der Waals surface area contributed by atoms with Gasteiger partial charge in [0, 0.05) is 16.1 Å². The van der Waals surface area contributed by atoms with E-state index in [9.17, 15) is 8.78 Å². The van der Waals surface area contributed by atoms with E-state index >= 15 is 0 Å². The molecule has 0 heterocycles. The molecule has 0 aliphatic rings. The van der Waals surface area contributed by atoms with Crippen molar-refractivity contribution < 1.29 is 8.78 Å². The monoisotopic (exact) mass is 346 g/mol. The second-order valence-corrected chi connectivity index (χ2v) is 5.20. The summed E-state index contributed by atoms with van der Waals surface area (Å²) in [6.07, 6.45) is 0. The van der Waals surface area contributed by atoms with Gasteiger partial charge in [-0.3, -0.25) is 5.84 Å². The molecular formula is C13H10BrClF2N2. The number of nitrogens with two attached hydrogens (primary N) is 1. The van der Waals surface area contributed by atoms with Gasteiger partial charge < -0.3 is 0 Å². The summed E-state index contributed by atoms with van der Waals surface area (Å²) in [5, 5.41) is 0.486. The molecular weight excluding hydrogens is 338 g/mol. The number of benzene rings is 2. The van der Waals surface area contributed by atoms with Crippen molar-refractivity contribution in [2.45, 2.75) is 6.04 Å². The molecule has 0 fully saturated rings. The van der Waals surface area contributed by atoms with Crippen LogP contribution < -0.4 is 11.3 Å². The van der Waals surface area contributed by atoms with Crippen molar-refractivity contribution in [1.82, 2.24) is 5.43 Å². The molecule has 0 aliphatic heterocycles. The van der Waals surface area contributed by atoms with Gasteiger partial charge in [-0.05, 0) is 39.7 Å². The molecule has 0 spiro atoms. The second-order valence-electron chi connectivity index (χ2n) is 3.94. The molecule has 0 saturated heterocycles. The molecule has 100 valence electrons. The van der Waals surface area contributed by atoms with Crippen LogP contribution in [0.5, 0.6) is 0 Å². The Morgan fingerprint density at radius 1 is 1.16 bits per heavy atom. The molecule has 6 heteroatoms. The average Bonchev–Trinajstić information content (AvgIpc) is 2.37. The standard InChI is InChI=1S/C13H10BrClF2N2/c14-10-4-1-7(5-11(10)15)13(19-18)9-3-2-8(16)6-12(9)17/h1-6,13,19H,18H2. The van der Waals surface area contributed by atoms with E-state index in [0.29, 0.717) is 10.6 Å². The minimum absolute atomic E-state index is 0.252. The lowest BCUT2D eigenvalue weighted by Crippen LogP contribution is -2.29. The molecule has 0 amide bonds. The smallest absolute Gasteiger partial charge is 0.131 e. The Hall–Kier alpha value is -1.01. The molecule has 0 saturated carbocycles. The van der Waals surface area contributed by atoms with Crippen LogP contribution in [0.3, 0.4) is 0 Å². The molecule has 1 unspecified atom stereocenters. The fourth-order valence-corrected chi connectivity index (χ4v) is 2.23. The van der Waals surface area contributed by atoms with Gasteiger partial charge in [0.05, 0.1) is 11.1 Å². The van der Waals surface area contributed by atoms with E-state index in [1.807, 2.05) is 0 Å². The first-order chi connectivity index (χ1) is 9.02. The molecule has 3 N–H and O–H groups in total. The average molecular weight is 348 g/mol. The van der Waals surface area contributed by atoms with E-state index in [-0.39, 0.29) is 5.56 Å². The first-order valence-corrected chi connectivity index (χ1v) is 6.56. The molecule has 2 aromatic carbocycles. The zero-order chi connectivity index (χ0) is 14.0. The number of rotatable bonds is 3. The van der Waals surface area contributed by atoms with Gasteiger partial charge in [-0.25, -0.2) is 14.2 Å². The van der Waals surface area contributed by atoms with Gasteiger partial charge in [0.15, 0.2) is 0 Å². The maximum absolute atomic E-state index is 13.8. The highest BCUT2D eigenvalue weighted by Gasteiger charge is 2.17. The van der Waals surface area contributed by atoms with Crippen LogP contribution in [-0.4, -0.2) is 0 Å². The van der Waals surface area contributed by atoms with E-state index in [1.54, 1.807) is 18.2 Å². The summed E-state index contributed by atoms with van der Waals surface area (Å²) in [6, 6.07) is 7.91. The van der Waals surface area contributed by atoms with Gasteiger partial charge in [-0.15, -0.1) is 0 Å². The first-order valence-electron chi connectivity index (χ1n) is 5.39. The van der Waals surface area contributed by atoms with E-state index < -0.39 is 17.7 Å². The Kier molecular flexibility index (Phi) is 4.52. The molecule has 2 aromatic rings. The maximum atomic E-state index is 13.8. The zero-order valence-corrected chi connectivity index (χ0v) is 12.0. The van der Waals surface area contributed by atoms with Crippen LogP contribution in [0, 0.1) is 11.6 Å². The summed E-state index contributed by atoms with van der Waals surface area (Å²) in [4.78, 5) is 0. The van der Waals surface area contributed by atoms with Gasteiger partial charge in [0.1, 0.15) is 11.6 Å². The Morgan fingerprint density at radius 3 is 2.47 bits per heavy atom. The van der Waals surface area contributed by atoms with Crippen molar-refractivity contribution in [2.75, 3.05) is 0 Å². The largest absolute Gasteiger partial charge is 0.271 e. The number of hydrogen-bond donors (Lipinski definition) is 2. The van der Waals surface area contributed by atoms with Crippen LogP contribution >= 0.6 is 27.5 Å². The van der Waals surface area contributed by atoms with Gasteiger partial charge in [0.2, 0.25) is 0 Å². The van der Waals surface area contributed by atoms with E-state index in [4.69, 9.17) is 17.4 Å². The quantitative estimate of drug-likeness (QED) is 0.652. The Bertz CT molecular complexity index is 607. The van der Waals surface area contributed by atoms with Crippen molar-refractivity contribution in [3.8, 4) is 0 Å². The van der Waals surface area contributed by atoms with Crippen LogP contribution in [0.1, 0.15) is 17.2 Å². The number of hydrazine groups is 1. The first kappa shape index (κ1) is 14.4. The van der Waals surface area contributed by atoms with Gasteiger partial charge in [0.25, 0.3) is 0 Å². The fourth-order valence-electron chi connectivity index (χ4n) is 1.79. The summed E-state index contributed by atoms with van der Waals surface area (Å²) in [7, 11) is 0. The van der Waals surface area contributed by atoms with E-state index in [2.05, 4.69) is 21.4 Å². The zero-order valence-electron chi connectivity index (χ0n) is 9.63. The summed E-state index contributed by atoms with van der Waals surface area (Å²) in [5.41, 5.74) is 3.44. The summed E-state index contributed by atoms with van der Waals surface area (Å²) < 4.78 is 27.4. The van der Waals surface area contributed by atoms with Gasteiger partial charge in [-0.1, -0.05) is 23.7 Å². The highest BCUT2D eigenvalue weighted by molar-refractivity contribution is 9.10. The van der Waals surface area contributed by atoms with Gasteiger partial charge >= 0.3 is 0 Å². The molecule has 0 bridgehead atoms. The van der Waals surface area contributed by atoms with E-state index in [0.717, 1.165) is 10.5 Å². The van der Waals surface area contributed by atoms with Crippen LogP contribution in [0.15, 0.2) is 40.9 Å². The molecule has 0 aliphatic carbocycles. The summed E-state index contributed by atoms with van der Waals surface area (Å²) in [5.74, 6) is 4.17. The number of hydrogen-bond acceptors (Lipinski definition) is 2. The molecule has 2 rings (SSSR count). The van der Waals surface area contributed by atoms with Crippen molar-refractivity contribution in [3.63, 3.8) is 0 Å². The highest BCUT2D eigenvalue weighted by atomic mass is 79.9. The molecule has 19 heavy (non-hydrogen) atoms. The summed E-state index contributed by atoms with van der Waals surface area (Å²) in [6.45, 7) is 0. The Balaban J connectivity index is 2.46. The van der Waals surface area contributed by atoms with Crippen molar-refractivity contribution in [2.24, 2.45) is 5.84 Å². The van der Waals surface area contributed by atoms with Crippen LogP contribution in [0.25, 0.3) is 0 Å². The molecule has 0 radical (unpaired) electrons. The predicted octanol–water partition coefficient (Wildman–Crippen LogP) is 3.93. The second kappa shape index (κ2) is 5.96. The molecule has 1 atom stereocenters. The maximum Gasteiger partial charge on any atom is 0.131 e. The number of nitrogens with one attached hydrogen (secondary N) is 1. The third kappa shape index (κ3) is 3.12. The van der Waals surface area contributed by atoms with Crippen molar-refractivity contribution >= 4 is 27.5 Å². The third-order valence-corrected chi connectivity index (χ3v) is 3.95. The Morgan fingerprint density at radius 2 is 1.89 bits per heavy atom. The van der Waals surface area contributed by atoms with Gasteiger partial charge in [-0.2, -0.15) is 0 Å². The van der Waals surface area contributed by atoms with Crippen molar-refractivity contribution in [1.29, 1.82) is 0 Å². The highest BCUT2D eigenvalue weighted by Crippen LogP contribution is 2.29. The number of halogens is 4. The van der Waals surface area contributed by atoms with Crippen LogP contribution in [0.4, 0.5) is 8.78 Å². The minimum Gasteiger partial charge on any atom is -0.271 e. The lowest BCUT2D eigenvalue weighted by Gasteiger charge is -2.18. The minimum atomic E-state index is -0.665. The third-order valence-electron chi connectivity index (χ3n) is 2.72. The predicted molar refractivity (Wildman–Crippen MR) is 74.7 cm³/mol. The Labute approximate surface area is 122 Å². The lowest BCUT2D eigenvalue weighted by atomic mass is 9.99. The molecule has 2 nitrogen and oxygen atoms in total. The summed E-state index contributed by atoms with van der Waals surface area (Å²) >= 11 is 9.27.